The first-order valence-electron chi connectivity index (χ1n) is 11.0. The number of amides is 1. The fraction of sp³-hybridized carbons (Fsp3) is 0.148. The van der Waals surface area contributed by atoms with E-state index in [1.807, 2.05) is 36.4 Å². The molecule has 3 aromatic carbocycles. The van der Waals surface area contributed by atoms with Crippen molar-refractivity contribution in [2.45, 2.75) is 20.3 Å². The van der Waals surface area contributed by atoms with Crippen molar-refractivity contribution in [3.63, 3.8) is 0 Å². The molecule has 0 atom stereocenters. The zero-order valence-corrected chi connectivity index (χ0v) is 19.3. The van der Waals surface area contributed by atoms with Crippen LogP contribution >= 0.6 is 0 Å². The van der Waals surface area contributed by atoms with Crippen LogP contribution in [0.5, 0.6) is 5.75 Å². The van der Waals surface area contributed by atoms with E-state index in [1.54, 1.807) is 38.1 Å². The summed E-state index contributed by atoms with van der Waals surface area (Å²) in [5.74, 6) is -0.490. The summed E-state index contributed by atoms with van der Waals surface area (Å²) in [5.41, 5.74) is 4.60. The summed E-state index contributed by atoms with van der Waals surface area (Å²) in [7, 11) is 0. The maximum absolute atomic E-state index is 12.9. The lowest BCUT2D eigenvalue weighted by atomic mass is 10.0. The summed E-state index contributed by atoms with van der Waals surface area (Å²) in [6.45, 7) is 3.62. The molecule has 0 aliphatic rings. The van der Waals surface area contributed by atoms with Crippen LogP contribution in [0.25, 0.3) is 22.5 Å². The van der Waals surface area contributed by atoms with Gasteiger partial charge in [0.05, 0.1) is 18.7 Å². The minimum Gasteiger partial charge on any atom is -0.508 e. The Labute approximate surface area is 202 Å². The van der Waals surface area contributed by atoms with E-state index in [2.05, 4.69) is 5.16 Å². The Kier molecular flexibility index (Phi) is 6.82. The Balaban J connectivity index is 1.70. The van der Waals surface area contributed by atoms with Crippen LogP contribution < -0.4 is 4.90 Å². The molecule has 0 aliphatic heterocycles. The number of rotatable bonds is 7. The number of nitrogens with zero attached hydrogens (tertiary/aromatic N) is 2. The van der Waals surface area contributed by atoms with E-state index in [0.29, 0.717) is 28.4 Å². The number of ether oxygens (including phenoxy) is 1. The van der Waals surface area contributed by atoms with Gasteiger partial charge in [-0.25, -0.2) is 9.69 Å². The van der Waals surface area contributed by atoms with E-state index in [1.165, 1.54) is 17.0 Å². The van der Waals surface area contributed by atoms with Gasteiger partial charge in [-0.3, -0.25) is 4.79 Å². The SMILES string of the molecule is CCOC(=O)N(c1cccc(O)c1)c1c(C)noc1-c1ccc(-c2ccc(CC(=O)O)cc2)cc1. The first-order valence-corrected chi connectivity index (χ1v) is 11.0. The smallest absolute Gasteiger partial charge is 0.419 e. The van der Waals surface area contributed by atoms with Gasteiger partial charge in [-0.2, -0.15) is 0 Å². The molecule has 0 spiro atoms. The normalized spacial score (nSPS) is 10.7. The summed E-state index contributed by atoms with van der Waals surface area (Å²) in [5, 5.41) is 23.0. The number of aryl methyl sites for hydroxylation is 1. The average Bonchev–Trinajstić information content (AvgIpc) is 3.21. The maximum atomic E-state index is 12.9. The molecular formula is C27H24N2O6. The highest BCUT2D eigenvalue weighted by atomic mass is 16.6. The third-order valence-electron chi connectivity index (χ3n) is 5.38. The van der Waals surface area contributed by atoms with Crippen molar-refractivity contribution in [1.29, 1.82) is 0 Å². The second-order valence-corrected chi connectivity index (χ2v) is 7.84. The van der Waals surface area contributed by atoms with Crippen LogP contribution in [0.4, 0.5) is 16.2 Å². The lowest BCUT2D eigenvalue weighted by Crippen LogP contribution is -2.27. The van der Waals surface area contributed by atoms with Crippen LogP contribution in [-0.2, 0) is 16.0 Å². The molecule has 178 valence electrons. The largest absolute Gasteiger partial charge is 0.508 e. The van der Waals surface area contributed by atoms with Crippen LogP contribution in [0.2, 0.25) is 0 Å². The summed E-state index contributed by atoms with van der Waals surface area (Å²) < 4.78 is 10.9. The van der Waals surface area contributed by atoms with Crippen LogP contribution in [0.1, 0.15) is 18.2 Å². The molecule has 0 aliphatic carbocycles. The maximum Gasteiger partial charge on any atom is 0.419 e. The predicted molar refractivity (Wildman–Crippen MR) is 131 cm³/mol. The molecular weight excluding hydrogens is 448 g/mol. The first kappa shape index (κ1) is 23.6. The summed E-state index contributed by atoms with van der Waals surface area (Å²) in [4.78, 5) is 25.2. The van der Waals surface area contributed by atoms with Crippen LogP contribution in [0.3, 0.4) is 0 Å². The Morgan fingerprint density at radius 2 is 1.60 bits per heavy atom. The molecule has 4 aromatic rings. The molecule has 1 aromatic heterocycles. The van der Waals surface area contributed by atoms with Gasteiger partial charge in [0.25, 0.3) is 0 Å². The molecule has 1 amide bonds. The first-order chi connectivity index (χ1) is 16.9. The molecule has 0 saturated carbocycles. The minimum atomic E-state index is -0.872. The molecule has 4 rings (SSSR count). The Bertz CT molecular complexity index is 1340. The summed E-state index contributed by atoms with van der Waals surface area (Å²) in [6.07, 6.45) is -0.646. The Morgan fingerprint density at radius 1 is 0.971 bits per heavy atom. The number of aliphatic carboxylic acids is 1. The fourth-order valence-corrected chi connectivity index (χ4v) is 3.77. The number of hydrogen-bond acceptors (Lipinski definition) is 6. The van der Waals surface area contributed by atoms with Gasteiger partial charge >= 0.3 is 12.1 Å². The molecule has 0 unspecified atom stereocenters. The van der Waals surface area contributed by atoms with Gasteiger partial charge in [0.2, 0.25) is 0 Å². The number of carboxylic acids is 1. The predicted octanol–water partition coefficient (Wildman–Crippen LogP) is 5.94. The topological polar surface area (TPSA) is 113 Å². The molecule has 0 saturated heterocycles. The van der Waals surface area contributed by atoms with E-state index in [4.69, 9.17) is 14.4 Å². The highest BCUT2D eigenvalue weighted by Crippen LogP contribution is 2.39. The van der Waals surface area contributed by atoms with Gasteiger partial charge in [-0.15, -0.1) is 0 Å². The average molecular weight is 472 g/mol. The van der Waals surface area contributed by atoms with Gasteiger partial charge in [0.1, 0.15) is 17.1 Å². The number of carboxylic acid groups (broad SMARTS) is 1. The highest BCUT2D eigenvalue weighted by Gasteiger charge is 2.28. The van der Waals surface area contributed by atoms with Gasteiger partial charge in [0.15, 0.2) is 5.76 Å². The number of phenolic OH excluding ortho intramolecular Hbond substituents is 1. The number of carbonyl (C=O) groups is 2. The lowest BCUT2D eigenvalue weighted by molar-refractivity contribution is -0.136. The van der Waals surface area contributed by atoms with Crippen LogP contribution in [0.15, 0.2) is 77.3 Å². The van der Waals surface area contributed by atoms with Gasteiger partial charge in [0, 0.05) is 11.6 Å². The quantitative estimate of drug-likeness (QED) is 0.342. The molecule has 0 bridgehead atoms. The number of hydrogen-bond donors (Lipinski definition) is 2. The number of benzene rings is 3. The van der Waals surface area contributed by atoms with Gasteiger partial charge in [-0.1, -0.05) is 59.8 Å². The summed E-state index contributed by atoms with van der Waals surface area (Å²) >= 11 is 0. The fourth-order valence-electron chi connectivity index (χ4n) is 3.77. The monoisotopic (exact) mass is 472 g/mol. The van der Waals surface area contributed by atoms with Crippen molar-refractivity contribution < 1.29 is 29.1 Å². The lowest BCUT2D eigenvalue weighted by Gasteiger charge is -2.22. The number of aromatic hydroxyl groups is 1. The highest BCUT2D eigenvalue weighted by molar-refractivity contribution is 6.00. The minimum absolute atomic E-state index is 0.00572. The van der Waals surface area contributed by atoms with Gasteiger partial charge < -0.3 is 19.5 Å². The molecule has 0 radical (unpaired) electrons. The molecule has 2 N–H and O–H groups in total. The third-order valence-corrected chi connectivity index (χ3v) is 5.38. The zero-order chi connectivity index (χ0) is 24.9. The van der Waals surface area contributed by atoms with E-state index < -0.39 is 12.1 Å². The second kappa shape index (κ2) is 10.1. The molecule has 35 heavy (non-hydrogen) atoms. The Morgan fingerprint density at radius 3 is 2.20 bits per heavy atom. The van der Waals surface area contributed by atoms with Crippen LogP contribution in [0, 0.1) is 6.92 Å². The number of aromatic nitrogens is 1. The molecule has 1 heterocycles. The van der Waals surface area contributed by atoms with Crippen molar-refractivity contribution >= 4 is 23.4 Å². The van der Waals surface area contributed by atoms with Crippen molar-refractivity contribution in [2.75, 3.05) is 11.5 Å². The van der Waals surface area contributed by atoms with Crippen molar-refractivity contribution in [1.82, 2.24) is 5.16 Å². The molecule has 8 nitrogen and oxygen atoms in total. The number of anilines is 2. The van der Waals surface area contributed by atoms with Crippen molar-refractivity contribution in [3.05, 3.63) is 84.1 Å². The molecule has 8 heteroatoms. The standard InChI is InChI=1S/C27H24N2O6/c1-3-34-27(33)29(22-5-4-6-23(30)16-22)25-17(2)28-35-26(25)21-13-11-20(12-14-21)19-9-7-18(8-10-19)15-24(31)32/h4-14,16,30H,3,15H2,1-2H3,(H,31,32). The van der Waals surface area contributed by atoms with E-state index >= 15 is 0 Å². The number of carbonyl (C=O) groups excluding carboxylic acids is 1. The summed E-state index contributed by atoms with van der Waals surface area (Å²) in [6, 6.07) is 21.2. The van der Waals surface area contributed by atoms with E-state index in [9.17, 15) is 14.7 Å². The number of phenols is 1. The van der Waals surface area contributed by atoms with Gasteiger partial charge in [-0.05, 0) is 42.7 Å². The second-order valence-electron chi connectivity index (χ2n) is 7.84. The van der Waals surface area contributed by atoms with Crippen molar-refractivity contribution in [2.24, 2.45) is 0 Å². The van der Waals surface area contributed by atoms with E-state index in [0.717, 1.165) is 16.7 Å². The molecule has 0 fully saturated rings. The third kappa shape index (κ3) is 5.16. The van der Waals surface area contributed by atoms with Crippen molar-refractivity contribution in [3.8, 4) is 28.2 Å². The Hall–Kier alpha value is -4.59. The zero-order valence-electron chi connectivity index (χ0n) is 19.3. The van der Waals surface area contributed by atoms with Crippen LogP contribution in [-0.4, -0.2) is 34.0 Å². The van der Waals surface area contributed by atoms with E-state index in [-0.39, 0.29) is 18.8 Å².